The first kappa shape index (κ1) is 12.0. The van der Waals surface area contributed by atoms with Crippen LogP contribution in [0.25, 0.3) is 11.4 Å². The standard InChI is InChI=1S/C14H19N5/c1-19(2)11-5-3-9(4-6-11)13-17-12-7-10(15)8-16-14(12)18-13/h3-6,10,16H,7-8,15H2,1-2H3,(H,17,18). The largest absolute Gasteiger partial charge is 0.378 e. The molecule has 0 aliphatic carbocycles. The number of rotatable bonds is 2. The molecule has 0 fully saturated rings. The molecule has 0 amide bonds. The van der Waals surface area contributed by atoms with Crippen LogP contribution in [-0.2, 0) is 6.42 Å². The summed E-state index contributed by atoms with van der Waals surface area (Å²) < 4.78 is 0. The van der Waals surface area contributed by atoms with Crippen molar-refractivity contribution in [3.8, 4) is 11.4 Å². The van der Waals surface area contributed by atoms with Gasteiger partial charge in [-0.05, 0) is 24.3 Å². The van der Waals surface area contributed by atoms with Gasteiger partial charge in [0, 0.05) is 44.4 Å². The van der Waals surface area contributed by atoms with Gasteiger partial charge in [0.2, 0.25) is 0 Å². The van der Waals surface area contributed by atoms with Crippen molar-refractivity contribution in [1.82, 2.24) is 9.97 Å². The summed E-state index contributed by atoms with van der Waals surface area (Å²) in [7, 11) is 4.07. The number of imidazole rings is 1. The van der Waals surface area contributed by atoms with E-state index in [1.54, 1.807) is 0 Å². The van der Waals surface area contributed by atoms with E-state index in [0.717, 1.165) is 35.9 Å². The fourth-order valence-corrected chi connectivity index (χ4v) is 2.32. The van der Waals surface area contributed by atoms with Gasteiger partial charge in [0.05, 0.1) is 5.69 Å². The van der Waals surface area contributed by atoms with Crippen LogP contribution in [0, 0.1) is 0 Å². The number of anilines is 2. The smallest absolute Gasteiger partial charge is 0.148 e. The van der Waals surface area contributed by atoms with E-state index in [1.165, 1.54) is 5.69 Å². The maximum atomic E-state index is 5.93. The Kier molecular flexibility index (Phi) is 2.91. The highest BCUT2D eigenvalue weighted by Crippen LogP contribution is 2.25. The maximum absolute atomic E-state index is 5.93. The Morgan fingerprint density at radius 3 is 2.68 bits per heavy atom. The van der Waals surface area contributed by atoms with Crippen molar-refractivity contribution in [2.24, 2.45) is 5.73 Å². The molecule has 1 unspecified atom stereocenters. The fraction of sp³-hybridized carbons (Fsp3) is 0.357. The van der Waals surface area contributed by atoms with Crippen LogP contribution >= 0.6 is 0 Å². The normalized spacial score (nSPS) is 17.7. The molecule has 1 aliphatic heterocycles. The second kappa shape index (κ2) is 4.59. The maximum Gasteiger partial charge on any atom is 0.148 e. The van der Waals surface area contributed by atoms with Gasteiger partial charge in [-0.25, -0.2) is 4.98 Å². The first-order valence-electron chi connectivity index (χ1n) is 6.49. The van der Waals surface area contributed by atoms with Gasteiger partial charge in [-0.3, -0.25) is 0 Å². The minimum atomic E-state index is 0.164. The van der Waals surface area contributed by atoms with Gasteiger partial charge in [0.25, 0.3) is 0 Å². The lowest BCUT2D eigenvalue weighted by atomic mass is 10.1. The number of hydrogen-bond donors (Lipinski definition) is 3. The number of hydrogen-bond acceptors (Lipinski definition) is 4. The Morgan fingerprint density at radius 2 is 2.00 bits per heavy atom. The number of fused-ring (bicyclic) bond motifs is 1. The third-order valence-corrected chi connectivity index (χ3v) is 3.43. The fourth-order valence-electron chi connectivity index (χ4n) is 2.32. The molecule has 0 spiro atoms. The molecule has 1 aromatic carbocycles. The second-order valence-corrected chi connectivity index (χ2v) is 5.20. The molecule has 1 aromatic heterocycles. The molecular formula is C14H19N5. The highest BCUT2D eigenvalue weighted by atomic mass is 15.1. The molecule has 2 aromatic rings. The van der Waals surface area contributed by atoms with Crippen molar-refractivity contribution < 1.29 is 0 Å². The number of nitrogens with two attached hydrogens (primary N) is 1. The zero-order valence-electron chi connectivity index (χ0n) is 11.3. The molecule has 1 atom stereocenters. The monoisotopic (exact) mass is 257 g/mol. The number of benzene rings is 1. The molecule has 2 heterocycles. The average Bonchev–Trinajstić information content (AvgIpc) is 2.81. The van der Waals surface area contributed by atoms with Gasteiger partial charge < -0.3 is 20.9 Å². The molecule has 0 saturated carbocycles. The predicted octanol–water partition coefficient (Wildman–Crippen LogP) is 1.44. The SMILES string of the molecule is CN(C)c1ccc(-c2nc3c([nH]2)CC(N)CN3)cc1. The van der Waals surface area contributed by atoms with Gasteiger partial charge in [-0.2, -0.15) is 0 Å². The van der Waals surface area contributed by atoms with Crippen molar-refractivity contribution in [1.29, 1.82) is 0 Å². The van der Waals surface area contributed by atoms with Crippen LogP contribution in [0.4, 0.5) is 11.5 Å². The second-order valence-electron chi connectivity index (χ2n) is 5.20. The van der Waals surface area contributed by atoms with E-state index < -0.39 is 0 Å². The Morgan fingerprint density at radius 1 is 1.26 bits per heavy atom. The van der Waals surface area contributed by atoms with E-state index in [9.17, 15) is 0 Å². The van der Waals surface area contributed by atoms with Crippen LogP contribution in [0.3, 0.4) is 0 Å². The van der Waals surface area contributed by atoms with Crippen LogP contribution in [0.15, 0.2) is 24.3 Å². The summed E-state index contributed by atoms with van der Waals surface area (Å²) in [5.74, 6) is 1.84. The van der Waals surface area contributed by atoms with Crippen molar-refractivity contribution in [2.75, 3.05) is 30.9 Å². The summed E-state index contributed by atoms with van der Waals surface area (Å²) >= 11 is 0. The van der Waals surface area contributed by atoms with E-state index >= 15 is 0 Å². The van der Waals surface area contributed by atoms with E-state index in [2.05, 4.69) is 44.5 Å². The molecule has 0 radical (unpaired) electrons. The van der Waals surface area contributed by atoms with E-state index in [4.69, 9.17) is 5.73 Å². The summed E-state index contributed by atoms with van der Waals surface area (Å²) in [5.41, 5.74) is 9.31. The van der Waals surface area contributed by atoms with Crippen molar-refractivity contribution in [2.45, 2.75) is 12.5 Å². The van der Waals surface area contributed by atoms with Gasteiger partial charge in [-0.1, -0.05) is 0 Å². The summed E-state index contributed by atoms with van der Waals surface area (Å²) in [6.07, 6.45) is 0.852. The third-order valence-electron chi connectivity index (χ3n) is 3.43. The first-order valence-corrected chi connectivity index (χ1v) is 6.49. The Balaban J connectivity index is 1.90. The summed E-state index contributed by atoms with van der Waals surface area (Å²) in [6, 6.07) is 8.52. The number of aromatic amines is 1. The molecule has 0 saturated heterocycles. The van der Waals surface area contributed by atoms with Gasteiger partial charge >= 0.3 is 0 Å². The number of nitrogens with zero attached hydrogens (tertiary/aromatic N) is 2. The predicted molar refractivity (Wildman–Crippen MR) is 78.5 cm³/mol. The Labute approximate surface area is 112 Å². The first-order chi connectivity index (χ1) is 9.13. The zero-order chi connectivity index (χ0) is 13.4. The highest BCUT2D eigenvalue weighted by Gasteiger charge is 2.19. The topological polar surface area (TPSA) is 70.0 Å². The molecule has 100 valence electrons. The lowest BCUT2D eigenvalue weighted by molar-refractivity contribution is 0.668. The van der Waals surface area contributed by atoms with E-state index in [0.29, 0.717) is 0 Å². The zero-order valence-corrected chi connectivity index (χ0v) is 11.3. The van der Waals surface area contributed by atoms with Crippen molar-refractivity contribution >= 4 is 11.5 Å². The third kappa shape index (κ3) is 2.29. The summed E-state index contributed by atoms with van der Waals surface area (Å²) in [4.78, 5) is 10.0. The number of aromatic nitrogens is 2. The molecule has 5 nitrogen and oxygen atoms in total. The van der Waals surface area contributed by atoms with E-state index in [1.807, 2.05) is 14.1 Å². The van der Waals surface area contributed by atoms with Crippen LogP contribution in [0.2, 0.25) is 0 Å². The Bertz CT molecular complexity index is 570. The quantitative estimate of drug-likeness (QED) is 0.761. The molecule has 0 bridgehead atoms. The number of nitrogens with one attached hydrogen (secondary N) is 2. The highest BCUT2D eigenvalue weighted by molar-refractivity contribution is 5.63. The minimum Gasteiger partial charge on any atom is -0.378 e. The number of H-pyrrole nitrogens is 1. The minimum absolute atomic E-state index is 0.164. The van der Waals surface area contributed by atoms with Crippen molar-refractivity contribution in [3.63, 3.8) is 0 Å². The molecule has 19 heavy (non-hydrogen) atoms. The Hall–Kier alpha value is -2.01. The lowest BCUT2D eigenvalue weighted by Crippen LogP contribution is -2.35. The molecule has 5 heteroatoms. The molecule has 4 N–H and O–H groups in total. The van der Waals surface area contributed by atoms with Crippen LogP contribution in [-0.4, -0.2) is 36.6 Å². The lowest BCUT2D eigenvalue weighted by Gasteiger charge is -2.18. The van der Waals surface area contributed by atoms with Gasteiger partial charge in [0.1, 0.15) is 11.6 Å². The van der Waals surface area contributed by atoms with Gasteiger partial charge in [0.15, 0.2) is 0 Å². The molecule has 3 rings (SSSR count). The molecular weight excluding hydrogens is 238 g/mol. The average molecular weight is 257 g/mol. The summed E-state index contributed by atoms with van der Waals surface area (Å²) in [5, 5.41) is 3.26. The van der Waals surface area contributed by atoms with Crippen LogP contribution in [0.5, 0.6) is 0 Å². The summed E-state index contributed by atoms with van der Waals surface area (Å²) in [6.45, 7) is 0.789. The molecule has 1 aliphatic rings. The van der Waals surface area contributed by atoms with Crippen molar-refractivity contribution in [3.05, 3.63) is 30.0 Å². The van der Waals surface area contributed by atoms with Crippen LogP contribution in [0.1, 0.15) is 5.69 Å². The van der Waals surface area contributed by atoms with Gasteiger partial charge in [-0.15, -0.1) is 0 Å². The van der Waals surface area contributed by atoms with E-state index in [-0.39, 0.29) is 6.04 Å². The van der Waals surface area contributed by atoms with Crippen LogP contribution < -0.4 is 16.0 Å².